The fraction of sp³-hybridized carbons (Fsp3) is 0.818. The van der Waals surface area contributed by atoms with Crippen LogP contribution in [0.15, 0.2) is 12.7 Å². The predicted octanol–water partition coefficient (Wildman–Crippen LogP) is 2.62. The van der Waals surface area contributed by atoms with Gasteiger partial charge in [-0.2, -0.15) is 0 Å². The lowest BCUT2D eigenvalue weighted by atomic mass is 10.1. The lowest BCUT2D eigenvalue weighted by Crippen LogP contribution is -2.09. The van der Waals surface area contributed by atoms with Gasteiger partial charge in [0.1, 0.15) is 0 Å². The highest BCUT2D eigenvalue weighted by Gasteiger charge is 1.99. The molecule has 0 nitrogen and oxygen atoms in total. The third-order valence-corrected chi connectivity index (χ3v) is 9.77. The molecule has 0 amide bonds. The summed E-state index contributed by atoms with van der Waals surface area (Å²) < 4.78 is 0. The molecule has 0 aliphatic rings. The van der Waals surface area contributed by atoms with Crippen molar-refractivity contribution >= 4 is 18.1 Å². The maximum absolute atomic E-state index is 3.74. The van der Waals surface area contributed by atoms with Gasteiger partial charge >= 0.3 is 0 Å². The van der Waals surface area contributed by atoms with E-state index in [2.05, 4.69) is 13.5 Å². The van der Waals surface area contributed by atoms with Crippen LogP contribution in [0.1, 0.15) is 45.4 Å². The Hall–Kier alpha value is 0.174. The van der Waals surface area contributed by atoms with E-state index in [4.69, 9.17) is 0 Å². The van der Waals surface area contributed by atoms with Crippen LogP contribution in [0, 0.1) is 0 Å². The molecule has 0 N–H and O–H groups in total. The lowest BCUT2D eigenvalue weighted by Gasteiger charge is -2.05. The third kappa shape index (κ3) is 10.1. The minimum absolute atomic E-state index is 0.123. The molecule has 0 aromatic heterocycles. The Kier molecular flexibility index (Phi) is 10.4. The van der Waals surface area contributed by atoms with E-state index in [0.29, 0.717) is 0 Å². The zero-order chi connectivity index (χ0) is 9.94. The van der Waals surface area contributed by atoms with E-state index in [1.807, 2.05) is 6.08 Å². The SMILES string of the molecule is C=CCCCCCCC[SiH]([SiH3])CC. The van der Waals surface area contributed by atoms with Gasteiger partial charge in [0, 0.05) is 8.31 Å². The first-order valence-electron chi connectivity index (χ1n) is 5.92. The van der Waals surface area contributed by atoms with Gasteiger partial charge in [0.25, 0.3) is 0 Å². The Morgan fingerprint density at radius 1 is 1.15 bits per heavy atom. The van der Waals surface area contributed by atoms with E-state index in [-0.39, 0.29) is 8.31 Å². The van der Waals surface area contributed by atoms with E-state index in [1.165, 1.54) is 48.3 Å². The van der Waals surface area contributed by atoms with Crippen molar-refractivity contribution < 1.29 is 0 Å². The number of unbranched alkanes of at least 4 members (excludes halogenated alkanes) is 5. The summed E-state index contributed by atoms with van der Waals surface area (Å²) in [5.41, 5.74) is 0. The highest BCUT2D eigenvalue weighted by atomic mass is 29.1. The normalized spacial score (nSPS) is 13.0. The Bertz CT molecular complexity index is 113. The Morgan fingerprint density at radius 2 is 1.77 bits per heavy atom. The van der Waals surface area contributed by atoms with Gasteiger partial charge in [-0.05, 0) is 22.6 Å². The van der Waals surface area contributed by atoms with Gasteiger partial charge < -0.3 is 0 Å². The first-order chi connectivity index (χ1) is 6.31. The molecule has 0 spiro atoms. The van der Waals surface area contributed by atoms with E-state index in [9.17, 15) is 0 Å². The molecule has 1 unspecified atom stereocenters. The van der Waals surface area contributed by atoms with Crippen LogP contribution >= 0.6 is 0 Å². The monoisotopic (exact) mass is 214 g/mol. The molecule has 13 heavy (non-hydrogen) atoms. The molecule has 1 atom stereocenters. The maximum Gasteiger partial charge on any atom is 0.0199 e. The molecular formula is C11H26Si2. The molecule has 0 saturated heterocycles. The molecule has 0 bridgehead atoms. The highest BCUT2D eigenvalue weighted by molar-refractivity contribution is 7.03. The Balaban J connectivity index is 2.95. The summed E-state index contributed by atoms with van der Waals surface area (Å²) in [5, 5.41) is 0. The first kappa shape index (κ1) is 13.2. The predicted molar refractivity (Wildman–Crippen MR) is 70.3 cm³/mol. The molecule has 0 radical (unpaired) electrons. The van der Waals surface area contributed by atoms with Crippen molar-refractivity contribution in [1.29, 1.82) is 0 Å². The molecule has 0 rings (SSSR count). The van der Waals surface area contributed by atoms with Crippen molar-refractivity contribution in [2.45, 2.75) is 57.5 Å². The van der Waals surface area contributed by atoms with Gasteiger partial charge in [-0.15, -0.1) is 6.58 Å². The second kappa shape index (κ2) is 10.3. The summed E-state index contributed by atoms with van der Waals surface area (Å²) in [4.78, 5) is 0. The van der Waals surface area contributed by atoms with E-state index >= 15 is 0 Å². The first-order valence-corrected chi connectivity index (χ1v) is 12.2. The smallest absolute Gasteiger partial charge is 0.0199 e. The van der Waals surface area contributed by atoms with Crippen LogP contribution in [0.25, 0.3) is 0 Å². The minimum atomic E-state index is -0.123. The minimum Gasteiger partial charge on any atom is -0.103 e. The summed E-state index contributed by atoms with van der Waals surface area (Å²) in [6, 6.07) is 3.17. The van der Waals surface area contributed by atoms with Gasteiger partial charge in [0.15, 0.2) is 0 Å². The average molecular weight is 215 g/mol. The lowest BCUT2D eigenvalue weighted by molar-refractivity contribution is 0.636. The van der Waals surface area contributed by atoms with E-state index in [0.717, 1.165) is 0 Å². The summed E-state index contributed by atoms with van der Waals surface area (Å²) in [5.74, 6) is 0. The van der Waals surface area contributed by atoms with Crippen LogP contribution in [0.4, 0.5) is 0 Å². The largest absolute Gasteiger partial charge is 0.103 e. The van der Waals surface area contributed by atoms with Gasteiger partial charge in [-0.25, -0.2) is 0 Å². The van der Waals surface area contributed by atoms with E-state index in [1.54, 1.807) is 12.1 Å². The average Bonchev–Trinajstić information content (AvgIpc) is 2.16. The second-order valence-electron chi connectivity index (χ2n) is 4.15. The number of hydrogen-bond donors (Lipinski definition) is 0. The van der Waals surface area contributed by atoms with Crippen molar-refractivity contribution in [3.05, 3.63) is 12.7 Å². The standard InChI is InChI=1S/C11H26Si2/c1-3-5-6-7-8-9-10-11-13(12)4-2/h3,13H,1,4-11H2,2,12H3. The topological polar surface area (TPSA) is 0 Å². The quantitative estimate of drug-likeness (QED) is 0.314. The Labute approximate surface area is 88.6 Å². The molecule has 0 aliphatic heterocycles. The second-order valence-corrected chi connectivity index (χ2v) is 12.7. The molecule has 0 fully saturated rings. The highest BCUT2D eigenvalue weighted by Crippen LogP contribution is 2.09. The number of rotatable bonds is 9. The van der Waals surface area contributed by atoms with Crippen LogP contribution in [-0.2, 0) is 0 Å². The molecular weight excluding hydrogens is 188 g/mol. The van der Waals surface area contributed by atoms with Gasteiger partial charge in [0.2, 0.25) is 0 Å². The molecule has 0 heterocycles. The molecule has 2 heteroatoms. The van der Waals surface area contributed by atoms with Crippen LogP contribution < -0.4 is 0 Å². The number of hydrogen-bond acceptors (Lipinski definition) is 0. The Morgan fingerprint density at radius 3 is 2.38 bits per heavy atom. The fourth-order valence-corrected chi connectivity index (χ4v) is 4.13. The summed E-state index contributed by atoms with van der Waals surface area (Å²) in [6.45, 7) is 6.12. The van der Waals surface area contributed by atoms with Gasteiger partial charge in [-0.1, -0.05) is 50.8 Å². The zero-order valence-corrected chi connectivity index (χ0v) is 12.7. The molecule has 0 aliphatic carbocycles. The van der Waals surface area contributed by atoms with E-state index < -0.39 is 0 Å². The maximum atomic E-state index is 3.74. The van der Waals surface area contributed by atoms with Crippen LogP contribution in [-0.4, -0.2) is 18.1 Å². The number of allylic oxidation sites excluding steroid dienone is 1. The van der Waals surface area contributed by atoms with Crippen molar-refractivity contribution in [3.63, 3.8) is 0 Å². The van der Waals surface area contributed by atoms with Crippen LogP contribution in [0.5, 0.6) is 0 Å². The van der Waals surface area contributed by atoms with Crippen LogP contribution in [0.3, 0.4) is 0 Å². The van der Waals surface area contributed by atoms with Gasteiger partial charge in [0.05, 0.1) is 0 Å². The summed E-state index contributed by atoms with van der Waals surface area (Å²) >= 11 is 0. The fourth-order valence-electron chi connectivity index (χ4n) is 1.52. The summed E-state index contributed by atoms with van der Waals surface area (Å²) in [6.07, 6.45) is 10.5. The molecule has 0 aromatic rings. The third-order valence-electron chi connectivity index (χ3n) is 2.80. The zero-order valence-electron chi connectivity index (χ0n) is 9.52. The molecule has 0 aromatic carbocycles. The van der Waals surface area contributed by atoms with Crippen molar-refractivity contribution in [2.75, 3.05) is 0 Å². The van der Waals surface area contributed by atoms with Crippen molar-refractivity contribution in [2.24, 2.45) is 0 Å². The van der Waals surface area contributed by atoms with Gasteiger partial charge in [-0.3, -0.25) is 0 Å². The van der Waals surface area contributed by atoms with Crippen molar-refractivity contribution in [3.8, 4) is 0 Å². The van der Waals surface area contributed by atoms with Crippen LogP contribution in [0.2, 0.25) is 12.1 Å². The van der Waals surface area contributed by atoms with Crippen molar-refractivity contribution in [1.82, 2.24) is 0 Å². The molecule has 0 saturated carbocycles. The molecule has 78 valence electrons. The summed E-state index contributed by atoms with van der Waals surface area (Å²) in [7, 11) is 1.41.